The summed E-state index contributed by atoms with van der Waals surface area (Å²) in [5.74, 6) is 5.49. The van der Waals surface area contributed by atoms with Crippen LogP contribution in [0.3, 0.4) is 0 Å². The Morgan fingerprint density at radius 1 is 1.58 bits per heavy atom. The van der Waals surface area contributed by atoms with Crippen LogP contribution >= 0.6 is 0 Å². The van der Waals surface area contributed by atoms with E-state index in [-0.39, 0.29) is 23.2 Å². The standard InChI is InChI=1S/C12H16N4O3/c1-2-7-5-11(7)14-12(17)9-6-8(16(18)19)3-4-10(9)15-13/h3-4,6-7,11,15H,2,5,13H2,1H3,(H,14,17). The van der Waals surface area contributed by atoms with Gasteiger partial charge in [-0.15, -0.1) is 0 Å². The molecule has 1 aromatic carbocycles. The van der Waals surface area contributed by atoms with E-state index in [0.717, 1.165) is 12.8 Å². The molecule has 0 spiro atoms. The van der Waals surface area contributed by atoms with Gasteiger partial charge in [0.05, 0.1) is 16.2 Å². The molecule has 4 N–H and O–H groups in total. The molecule has 1 aliphatic rings. The van der Waals surface area contributed by atoms with Crippen LogP contribution in [0.25, 0.3) is 0 Å². The molecular formula is C12H16N4O3. The second kappa shape index (κ2) is 5.23. The number of nitro groups is 1. The lowest BCUT2D eigenvalue weighted by atomic mass is 10.1. The van der Waals surface area contributed by atoms with Crippen molar-refractivity contribution in [2.45, 2.75) is 25.8 Å². The van der Waals surface area contributed by atoms with E-state index in [1.165, 1.54) is 18.2 Å². The van der Waals surface area contributed by atoms with Crippen molar-refractivity contribution in [1.29, 1.82) is 0 Å². The lowest BCUT2D eigenvalue weighted by molar-refractivity contribution is -0.384. The van der Waals surface area contributed by atoms with Crippen molar-refractivity contribution in [2.24, 2.45) is 11.8 Å². The van der Waals surface area contributed by atoms with Crippen molar-refractivity contribution in [2.75, 3.05) is 5.43 Å². The molecule has 7 heteroatoms. The van der Waals surface area contributed by atoms with Gasteiger partial charge in [0.15, 0.2) is 0 Å². The third-order valence-corrected chi connectivity index (χ3v) is 3.38. The topological polar surface area (TPSA) is 110 Å². The van der Waals surface area contributed by atoms with Crippen LogP contribution in [0.4, 0.5) is 11.4 Å². The van der Waals surface area contributed by atoms with Gasteiger partial charge in [-0.3, -0.25) is 20.8 Å². The van der Waals surface area contributed by atoms with Gasteiger partial charge >= 0.3 is 0 Å². The van der Waals surface area contributed by atoms with Gasteiger partial charge in [0, 0.05) is 18.2 Å². The van der Waals surface area contributed by atoms with Crippen LogP contribution in [0.15, 0.2) is 18.2 Å². The van der Waals surface area contributed by atoms with E-state index in [2.05, 4.69) is 17.7 Å². The molecule has 1 amide bonds. The second-order valence-corrected chi connectivity index (χ2v) is 4.62. The number of anilines is 1. The van der Waals surface area contributed by atoms with E-state index in [0.29, 0.717) is 11.6 Å². The summed E-state index contributed by atoms with van der Waals surface area (Å²) in [6.45, 7) is 2.07. The highest BCUT2D eigenvalue weighted by molar-refractivity contribution is 6.00. The number of nitrogens with zero attached hydrogens (tertiary/aromatic N) is 1. The maximum atomic E-state index is 12.1. The Morgan fingerprint density at radius 2 is 2.32 bits per heavy atom. The number of hydrogen-bond donors (Lipinski definition) is 3. The van der Waals surface area contributed by atoms with E-state index in [4.69, 9.17) is 5.84 Å². The summed E-state index contributed by atoms with van der Waals surface area (Å²) >= 11 is 0. The number of carbonyl (C=O) groups is 1. The van der Waals surface area contributed by atoms with E-state index in [1.54, 1.807) is 0 Å². The number of nitrogens with two attached hydrogens (primary N) is 1. The predicted molar refractivity (Wildman–Crippen MR) is 70.6 cm³/mol. The summed E-state index contributed by atoms with van der Waals surface area (Å²) in [4.78, 5) is 22.3. The number of nitro benzene ring substituents is 1. The molecule has 1 aliphatic carbocycles. The van der Waals surface area contributed by atoms with E-state index in [9.17, 15) is 14.9 Å². The average Bonchev–Trinajstić information content (AvgIpc) is 3.16. The summed E-state index contributed by atoms with van der Waals surface area (Å²) in [6.07, 6.45) is 1.98. The fourth-order valence-corrected chi connectivity index (χ4v) is 2.08. The average molecular weight is 264 g/mol. The monoisotopic (exact) mass is 264 g/mol. The number of amides is 1. The van der Waals surface area contributed by atoms with Crippen LogP contribution < -0.4 is 16.6 Å². The Labute approximate surface area is 110 Å². The zero-order valence-corrected chi connectivity index (χ0v) is 10.6. The fourth-order valence-electron chi connectivity index (χ4n) is 2.08. The van der Waals surface area contributed by atoms with Crippen molar-refractivity contribution in [3.8, 4) is 0 Å². The number of hydrogen-bond acceptors (Lipinski definition) is 5. The number of nitrogen functional groups attached to an aromatic ring is 1. The summed E-state index contributed by atoms with van der Waals surface area (Å²) in [5, 5.41) is 13.6. The minimum Gasteiger partial charge on any atom is -0.349 e. The Hall–Kier alpha value is -2.15. The first-order valence-electron chi connectivity index (χ1n) is 6.12. The molecular weight excluding hydrogens is 248 g/mol. The number of nitrogens with one attached hydrogen (secondary N) is 2. The molecule has 0 saturated heterocycles. The summed E-state index contributed by atoms with van der Waals surface area (Å²) in [7, 11) is 0. The van der Waals surface area contributed by atoms with Gasteiger partial charge in [0.1, 0.15) is 0 Å². The highest BCUT2D eigenvalue weighted by atomic mass is 16.6. The summed E-state index contributed by atoms with van der Waals surface area (Å²) in [6, 6.07) is 4.13. The first kappa shape index (κ1) is 13.3. The SMILES string of the molecule is CCC1CC1NC(=O)c1cc([N+](=O)[O-])ccc1NN. The Kier molecular flexibility index (Phi) is 3.66. The van der Waals surface area contributed by atoms with Gasteiger partial charge in [-0.05, 0) is 18.4 Å². The number of hydrazine groups is 1. The molecule has 1 fully saturated rings. The van der Waals surface area contributed by atoms with E-state index < -0.39 is 4.92 Å². The van der Waals surface area contributed by atoms with Gasteiger partial charge in [-0.25, -0.2) is 0 Å². The molecule has 1 aromatic rings. The molecule has 7 nitrogen and oxygen atoms in total. The zero-order valence-electron chi connectivity index (χ0n) is 10.6. The van der Waals surface area contributed by atoms with Crippen molar-refractivity contribution in [1.82, 2.24) is 5.32 Å². The van der Waals surface area contributed by atoms with E-state index >= 15 is 0 Å². The molecule has 1 saturated carbocycles. The molecule has 2 rings (SSSR count). The highest BCUT2D eigenvalue weighted by Crippen LogP contribution is 2.33. The zero-order chi connectivity index (χ0) is 14.0. The molecule has 102 valence electrons. The van der Waals surface area contributed by atoms with Crippen molar-refractivity contribution in [3.05, 3.63) is 33.9 Å². The molecule has 0 aliphatic heterocycles. The Balaban J connectivity index is 2.19. The van der Waals surface area contributed by atoms with Crippen molar-refractivity contribution >= 4 is 17.3 Å². The molecule has 0 heterocycles. The van der Waals surface area contributed by atoms with E-state index in [1.807, 2.05) is 0 Å². The molecule has 2 unspecified atom stereocenters. The first-order valence-corrected chi connectivity index (χ1v) is 6.12. The second-order valence-electron chi connectivity index (χ2n) is 4.62. The van der Waals surface area contributed by atoms with Crippen LogP contribution in [0.1, 0.15) is 30.1 Å². The Morgan fingerprint density at radius 3 is 2.84 bits per heavy atom. The quantitative estimate of drug-likeness (QED) is 0.423. The van der Waals surface area contributed by atoms with Crippen molar-refractivity contribution < 1.29 is 9.72 Å². The minimum atomic E-state index is -0.539. The third-order valence-electron chi connectivity index (χ3n) is 3.38. The van der Waals surface area contributed by atoms with Crippen molar-refractivity contribution in [3.63, 3.8) is 0 Å². The van der Waals surface area contributed by atoms with Gasteiger partial charge in [0.2, 0.25) is 0 Å². The maximum Gasteiger partial charge on any atom is 0.270 e. The predicted octanol–water partition coefficient (Wildman–Crippen LogP) is 1.41. The van der Waals surface area contributed by atoms with Crippen LogP contribution in [-0.2, 0) is 0 Å². The van der Waals surface area contributed by atoms with Crippen LogP contribution in [0, 0.1) is 16.0 Å². The largest absolute Gasteiger partial charge is 0.349 e. The normalized spacial score (nSPS) is 20.7. The number of rotatable bonds is 5. The lowest BCUT2D eigenvalue weighted by Gasteiger charge is -2.09. The number of benzene rings is 1. The number of carbonyl (C=O) groups excluding carboxylic acids is 1. The van der Waals surface area contributed by atoms with Gasteiger partial charge in [0.25, 0.3) is 11.6 Å². The summed E-state index contributed by atoms with van der Waals surface area (Å²) in [5.41, 5.74) is 2.81. The maximum absolute atomic E-state index is 12.1. The van der Waals surface area contributed by atoms with Crippen LogP contribution in [-0.4, -0.2) is 16.9 Å². The molecule has 0 radical (unpaired) electrons. The van der Waals surface area contributed by atoms with Crippen LogP contribution in [0.5, 0.6) is 0 Å². The molecule has 19 heavy (non-hydrogen) atoms. The third kappa shape index (κ3) is 2.82. The first-order chi connectivity index (χ1) is 9.06. The lowest BCUT2D eigenvalue weighted by Crippen LogP contribution is -2.28. The van der Waals surface area contributed by atoms with Gasteiger partial charge in [-0.1, -0.05) is 13.3 Å². The highest BCUT2D eigenvalue weighted by Gasteiger charge is 2.37. The van der Waals surface area contributed by atoms with Crippen LogP contribution in [0.2, 0.25) is 0 Å². The molecule has 2 atom stereocenters. The number of non-ortho nitro benzene ring substituents is 1. The summed E-state index contributed by atoms with van der Waals surface area (Å²) < 4.78 is 0. The van der Waals surface area contributed by atoms with Gasteiger partial charge in [-0.2, -0.15) is 0 Å². The minimum absolute atomic E-state index is 0.132. The smallest absolute Gasteiger partial charge is 0.270 e. The van der Waals surface area contributed by atoms with Gasteiger partial charge < -0.3 is 10.7 Å². The molecule has 0 bridgehead atoms. The molecule has 0 aromatic heterocycles. The Bertz CT molecular complexity index is 518. The fraction of sp³-hybridized carbons (Fsp3) is 0.417.